The van der Waals surface area contributed by atoms with E-state index in [9.17, 15) is 4.79 Å². The van der Waals surface area contributed by atoms with E-state index in [1.54, 1.807) is 18.2 Å². The number of benzene rings is 2. The molecule has 0 spiro atoms. The van der Waals surface area contributed by atoms with Crippen molar-refractivity contribution in [3.8, 4) is 11.5 Å². The topological polar surface area (TPSA) is 47.6 Å². The summed E-state index contributed by atoms with van der Waals surface area (Å²) in [6, 6.07) is 13.3. The van der Waals surface area contributed by atoms with Gasteiger partial charge in [0.15, 0.2) is 11.5 Å². The number of nitrogens with one attached hydrogen (secondary N) is 1. The number of ether oxygens (including phenoxy) is 2. The Hall–Kier alpha value is -2.49. The lowest BCUT2D eigenvalue weighted by Gasteiger charge is -2.09. The normalized spacial score (nSPS) is 12.2. The minimum atomic E-state index is -0.157. The SMILES string of the molecule is Cc1ccccc1CNC(=O)c1cccc2c1OCO2. The zero-order chi connectivity index (χ0) is 13.9. The molecule has 2 aromatic carbocycles. The average Bonchev–Trinajstić information content (AvgIpc) is 2.94. The Balaban J connectivity index is 1.75. The summed E-state index contributed by atoms with van der Waals surface area (Å²) in [5.41, 5.74) is 2.77. The fourth-order valence-electron chi connectivity index (χ4n) is 2.19. The third-order valence-corrected chi connectivity index (χ3v) is 3.34. The molecule has 4 heteroatoms. The zero-order valence-electron chi connectivity index (χ0n) is 11.2. The van der Waals surface area contributed by atoms with Gasteiger partial charge in [-0.15, -0.1) is 0 Å². The van der Waals surface area contributed by atoms with E-state index in [2.05, 4.69) is 5.32 Å². The molecule has 0 aromatic heterocycles. The van der Waals surface area contributed by atoms with Gasteiger partial charge in [-0.05, 0) is 30.2 Å². The van der Waals surface area contributed by atoms with Crippen molar-refractivity contribution in [1.82, 2.24) is 5.32 Å². The van der Waals surface area contributed by atoms with Crippen LogP contribution in [0.4, 0.5) is 0 Å². The van der Waals surface area contributed by atoms with Crippen molar-refractivity contribution >= 4 is 5.91 Å². The molecular formula is C16H15NO3. The van der Waals surface area contributed by atoms with Crippen LogP contribution in [0.3, 0.4) is 0 Å². The van der Waals surface area contributed by atoms with Gasteiger partial charge in [0.2, 0.25) is 6.79 Å². The quantitative estimate of drug-likeness (QED) is 0.931. The highest BCUT2D eigenvalue weighted by molar-refractivity contribution is 5.97. The molecule has 0 radical (unpaired) electrons. The predicted molar refractivity (Wildman–Crippen MR) is 74.9 cm³/mol. The molecule has 1 amide bonds. The van der Waals surface area contributed by atoms with E-state index >= 15 is 0 Å². The second-order valence-electron chi connectivity index (χ2n) is 4.65. The maximum Gasteiger partial charge on any atom is 0.255 e. The van der Waals surface area contributed by atoms with Crippen LogP contribution < -0.4 is 14.8 Å². The van der Waals surface area contributed by atoms with Gasteiger partial charge in [-0.1, -0.05) is 30.3 Å². The van der Waals surface area contributed by atoms with Crippen LogP contribution in [0.25, 0.3) is 0 Å². The van der Waals surface area contributed by atoms with Gasteiger partial charge in [-0.3, -0.25) is 4.79 Å². The summed E-state index contributed by atoms with van der Waals surface area (Å²) >= 11 is 0. The lowest BCUT2D eigenvalue weighted by Crippen LogP contribution is -2.23. The van der Waals surface area contributed by atoms with Crippen molar-refractivity contribution in [3.63, 3.8) is 0 Å². The number of para-hydroxylation sites is 1. The summed E-state index contributed by atoms with van der Waals surface area (Å²) in [5.74, 6) is 0.985. The maximum absolute atomic E-state index is 12.2. The molecule has 0 bridgehead atoms. The summed E-state index contributed by atoms with van der Waals surface area (Å²) in [4.78, 5) is 12.2. The molecule has 0 fully saturated rings. The van der Waals surface area contributed by atoms with Crippen LogP contribution in [0.1, 0.15) is 21.5 Å². The van der Waals surface area contributed by atoms with E-state index in [0.29, 0.717) is 23.6 Å². The van der Waals surface area contributed by atoms with Crippen molar-refractivity contribution in [2.75, 3.05) is 6.79 Å². The molecule has 4 nitrogen and oxygen atoms in total. The minimum Gasteiger partial charge on any atom is -0.454 e. The highest BCUT2D eigenvalue weighted by atomic mass is 16.7. The number of hydrogen-bond donors (Lipinski definition) is 1. The third-order valence-electron chi connectivity index (χ3n) is 3.34. The van der Waals surface area contributed by atoms with Crippen LogP contribution >= 0.6 is 0 Å². The summed E-state index contributed by atoms with van der Waals surface area (Å²) in [6.07, 6.45) is 0. The maximum atomic E-state index is 12.2. The van der Waals surface area contributed by atoms with Crippen LogP contribution in [-0.2, 0) is 6.54 Å². The minimum absolute atomic E-state index is 0.157. The fourth-order valence-corrected chi connectivity index (χ4v) is 2.19. The number of carbonyl (C=O) groups is 1. The molecule has 1 N–H and O–H groups in total. The zero-order valence-corrected chi connectivity index (χ0v) is 11.2. The molecule has 20 heavy (non-hydrogen) atoms. The molecule has 3 rings (SSSR count). The van der Waals surface area contributed by atoms with Crippen molar-refractivity contribution in [1.29, 1.82) is 0 Å². The lowest BCUT2D eigenvalue weighted by atomic mass is 10.1. The molecule has 0 atom stereocenters. The second-order valence-corrected chi connectivity index (χ2v) is 4.65. The molecule has 0 saturated carbocycles. The summed E-state index contributed by atoms with van der Waals surface area (Å²) in [6.45, 7) is 2.69. The van der Waals surface area contributed by atoms with Crippen molar-refractivity contribution < 1.29 is 14.3 Å². The van der Waals surface area contributed by atoms with Gasteiger partial charge in [-0.2, -0.15) is 0 Å². The standard InChI is InChI=1S/C16H15NO3/c1-11-5-2-3-6-12(11)9-17-16(18)13-7-4-8-14-15(13)20-10-19-14/h2-8H,9-10H2,1H3,(H,17,18). The van der Waals surface area contributed by atoms with Crippen LogP contribution in [0.15, 0.2) is 42.5 Å². The van der Waals surface area contributed by atoms with Crippen molar-refractivity contribution in [2.45, 2.75) is 13.5 Å². The second kappa shape index (κ2) is 5.25. The Kier molecular flexibility index (Phi) is 3.29. The van der Waals surface area contributed by atoms with Crippen LogP contribution in [0, 0.1) is 6.92 Å². The van der Waals surface area contributed by atoms with E-state index in [1.807, 2.05) is 31.2 Å². The molecule has 0 aliphatic carbocycles. The molecule has 1 aliphatic rings. The Bertz CT molecular complexity index is 652. The van der Waals surface area contributed by atoms with Gasteiger partial charge in [0.25, 0.3) is 5.91 Å². The highest BCUT2D eigenvalue weighted by Crippen LogP contribution is 2.35. The first kappa shape index (κ1) is 12.5. The van der Waals surface area contributed by atoms with Gasteiger partial charge in [-0.25, -0.2) is 0 Å². The van der Waals surface area contributed by atoms with Gasteiger partial charge in [0.1, 0.15) is 0 Å². The number of rotatable bonds is 3. The van der Waals surface area contributed by atoms with Crippen molar-refractivity contribution in [2.24, 2.45) is 0 Å². The molecule has 1 aliphatic heterocycles. The number of fused-ring (bicyclic) bond motifs is 1. The first-order valence-electron chi connectivity index (χ1n) is 6.47. The predicted octanol–water partition coefficient (Wildman–Crippen LogP) is 2.65. The van der Waals surface area contributed by atoms with E-state index in [4.69, 9.17) is 9.47 Å². The van der Waals surface area contributed by atoms with E-state index < -0.39 is 0 Å². The monoisotopic (exact) mass is 269 g/mol. The molecular weight excluding hydrogens is 254 g/mol. The smallest absolute Gasteiger partial charge is 0.255 e. The Morgan fingerprint density at radius 3 is 2.85 bits per heavy atom. The molecule has 1 heterocycles. The van der Waals surface area contributed by atoms with Crippen LogP contribution in [0.2, 0.25) is 0 Å². The highest BCUT2D eigenvalue weighted by Gasteiger charge is 2.21. The fraction of sp³-hybridized carbons (Fsp3) is 0.188. The molecule has 102 valence electrons. The summed E-state index contributed by atoms with van der Waals surface area (Å²) < 4.78 is 10.6. The van der Waals surface area contributed by atoms with E-state index in [0.717, 1.165) is 11.1 Å². The van der Waals surface area contributed by atoms with Gasteiger partial charge in [0, 0.05) is 6.54 Å². The summed E-state index contributed by atoms with van der Waals surface area (Å²) in [7, 11) is 0. The Morgan fingerprint density at radius 2 is 2.00 bits per heavy atom. The Labute approximate surface area is 117 Å². The van der Waals surface area contributed by atoms with Gasteiger partial charge < -0.3 is 14.8 Å². The van der Waals surface area contributed by atoms with E-state index in [1.165, 1.54) is 0 Å². The first-order valence-corrected chi connectivity index (χ1v) is 6.47. The van der Waals surface area contributed by atoms with E-state index in [-0.39, 0.29) is 12.7 Å². The number of carbonyl (C=O) groups excluding carboxylic acids is 1. The average molecular weight is 269 g/mol. The summed E-state index contributed by atoms with van der Waals surface area (Å²) in [5, 5.41) is 2.91. The van der Waals surface area contributed by atoms with Gasteiger partial charge >= 0.3 is 0 Å². The molecule has 0 unspecified atom stereocenters. The molecule has 2 aromatic rings. The Morgan fingerprint density at radius 1 is 1.15 bits per heavy atom. The molecule has 0 saturated heterocycles. The number of amides is 1. The van der Waals surface area contributed by atoms with Crippen LogP contribution in [0.5, 0.6) is 11.5 Å². The number of aryl methyl sites for hydroxylation is 1. The third kappa shape index (κ3) is 2.32. The largest absolute Gasteiger partial charge is 0.454 e. The van der Waals surface area contributed by atoms with Crippen LogP contribution in [-0.4, -0.2) is 12.7 Å². The first-order chi connectivity index (χ1) is 9.75. The number of hydrogen-bond acceptors (Lipinski definition) is 3. The van der Waals surface area contributed by atoms with Crippen molar-refractivity contribution in [3.05, 3.63) is 59.2 Å². The van der Waals surface area contributed by atoms with Gasteiger partial charge in [0.05, 0.1) is 5.56 Å². The lowest BCUT2D eigenvalue weighted by molar-refractivity contribution is 0.0946.